The van der Waals surface area contributed by atoms with Crippen molar-refractivity contribution in [1.82, 2.24) is 10.3 Å². The molecule has 122 valence electrons. The fourth-order valence-electron chi connectivity index (χ4n) is 3.29. The molecule has 1 fully saturated rings. The average Bonchev–Trinajstić information content (AvgIpc) is 3.25. The van der Waals surface area contributed by atoms with Crippen molar-refractivity contribution in [3.05, 3.63) is 71.2 Å². The van der Waals surface area contributed by atoms with Gasteiger partial charge in [0, 0.05) is 5.39 Å². The number of H-pyrrole nitrogens is 1. The van der Waals surface area contributed by atoms with Crippen LogP contribution in [-0.4, -0.2) is 16.4 Å². The molecular formula is C20H19FN2O. The first-order chi connectivity index (χ1) is 11.6. The highest BCUT2D eigenvalue weighted by Gasteiger charge is 2.46. The lowest BCUT2D eigenvalue weighted by Gasteiger charge is -2.18. The molecule has 1 heterocycles. The third kappa shape index (κ3) is 2.58. The fourth-order valence-corrected chi connectivity index (χ4v) is 3.29. The van der Waals surface area contributed by atoms with Crippen LogP contribution in [0.5, 0.6) is 0 Å². The zero-order valence-electron chi connectivity index (χ0n) is 13.5. The molecule has 1 aromatic heterocycles. The van der Waals surface area contributed by atoms with Gasteiger partial charge < -0.3 is 10.3 Å². The molecule has 3 nitrogen and oxygen atoms in total. The molecule has 0 bridgehead atoms. The van der Waals surface area contributed by atoms with E-state index in [-0.39, 0.29) is 17.3 Å². The molecule has 2 aliphatic rings. The van der Waals surface area contributed by atoms with Gasteiger partial charge in [-0.1, -0.05) is 30.4 Å². The molecule has 2 aromatic rings. The minimum absolute atomic E-state index is 0.188. The number of carbonyl (C=O) groups excluding carboxylic acids is 1. The number of halogens is 1. The Kier molecular flexibility index (Phi) is 3.41. The lowest BCUT2D eigenvalue weighted by molar-refractivity contribution is 0.0934. The van der Waals surface area contributed by atoms with Crippen LogP contribution >= 0.6 is 0 Å². The van der Waals surface area contributed by atoms with Gasteiger partial charge in [0.15, 0.2) is 0 Å². The van der Waals surface area contributed by atoms with E-state index in [1.807, 2.05) is 25.1 Å². The first kappa shape index (κ1) is 14.9. The Morgan fingerprint density at radius 3 is 2.88 bits per heavy atom. The molecular weight excluding hydrogens is 303 g/mol. The minimum Gasteiger partial charge on any atom is -0.348 e. The van der Waals surface area contributed by atoms with E-state index >= 15 is 0 Å². The molecule has 4 heteroatoms. The molecule has 24 heavy (non-hydrogen) atoms. The third-order valence-corrected chi connectivity index (χ3v) is 4.72. The Morgan fingerprint density at radius 2 is 2.08 bits per heavy atom. The number of fused-ring (bicyclic) bond motifs is 1. The summed E-state index contributed by atoms with van der Waals surface area (Å²) in [4.78, 5) is 15.6. The Hall–Kier alpha value is -2.62. The molecule has 0 aliphatic heterocycles. The highest BCUT2D eigenvalue weighted by Crippen LogP contribution is 2.43. The summed E-state index contributed by atoms with van der Waals surface area (Å²) in [5.41, 5.74) is 2.50. The first-order valence-electron chi connectivity index (χ1n) is 8.23. The van der Waals surface area contributed by atoms with E-state index in [2.05, 4.69) is 28.5 Å². The molecule has 4 rings (SSSR count). The van der Waals surface area contributed by atoms with Crippen LogP contribution in [0.1, 0.15) is 35.3 Å². The molecule has 2 aliphatic carbocycles. The predicted molar refractivity (Wildman–Crippen MR) is 93.4 cm³/mol. The van der Waals surface area contributed by atoms with Gasteiger partial charge >= 0.3 is 0 Å². The van der Waals surface area contributed by atoms with E-state index in [1.165, 1.54) is 6.07 Å². The second-order valence-electron chi connectivity index (χ2n) is 6.61. The quantitative estimate of drug-likeness (QED) is 0.868. The van der Waals surface area contributed by atoms with Gasteiger partial charge in [0.25, 0.3) is 5.91 Å². The van der Waals surface area contributed by atoms with E-state index < -0.39 is 0 Å². The van der Waals surface area contributed by atoms with E-state index in [1.54, 1.807) is 6.07 Å². The zero-order chi connectivity index (χ0) is 16.7. The van der Waals surface area contributed by atoms with E-state index in [0.29, 0.717) is 11.2 Å². The van der Waals surface area contributed by atoms with Crippen molar-refractivity contribution in [1.29, 1.82) is 0 Å². The van der Waals surface area contributed by atoms with Crippen molar-refractivity contribution in [2.45, 2.75) is 31.7 Å². The molecule has 0 radical (unpaired) electrons. The van der Waals surface area contributed by atoms with Crippen molar-refractivity contribution >= 4 is 16.8 Å². The molecule has 0 spiro atoms. The van der Waals surface area contributed by atoms with Crippen LogP contribution in [0.25, 0.3) is 10.9 Å². The van der Waals surface area contributed by atoms with Crippen LogP contribution in [0.2, 0.25) is 0 Å². The maximum absolute atomic E-state index is 14.0. The lowest BCUT2D eigenvalue weighted by atomic mass is 10.0. The van der Waals surface area contributed by atoms with Crippen molar-refractivity contribution < 1.29 is 9.18 Å². The topological polar surface area (TPSA) is 44.9 Å². The number of carbonyl (C=O) groups is 1. The molecule has 0 saturated heterocycles. The van der Waals surface area contributed by atoms with E-state index in [0.717, 1.165) is 35.8 Å². The number of hydrogen-bond donors (Lipinski definition) is 2. The van der Waals surface area contributed by atoms with Crippen molar-refractivity contribution in [2.24, 2.45) is 0 Å². The van der Waals surface area contributed by atoms with E-state index in [4.69, 9.17) is 0 Å². The second-order valence-corrected chi connectivity index (χ2v) is 6.61. The van der Waals surface area contributed by atoms with Gasteiger partial charge in [-0.15, -0.1) is 0 Å². The van der Waals surface area contributed by atoms with Crippen LogP contribution in [0, 0.1) is 12.7 Å². The lowest BCUT2D eigenvalue weighted by Crippen LogP contribution is -2.38. The number of benzene rings is 1. The molecule has 0 atom stereocenters. The normalized spacial score (nSPS) is 18.3. The maximum Gasteiger partial charge on any atom is 0.268 e. The molecule has 2 N–H and O–H groups in total. The highest BCUT2D eigenvalue weighted by atomic mass is 19.1. The number of aryl methyl sites for hydroxylation is 1. The summed E-state index contributed by atoms with van der Waals surface area (Å²) in [6, 6.07) is 5.06. The number of rotatable bonds is 3. The standard InChI is InChI=1S/C20H19FN2O/c1-13-10-14-12-17(22-18(14)16(21)11-13)19(24)23-20(8-9-20)15-6-4-2-3-5-7-15/h2-4,6-7,10-12,22H,5,8-9H2,1H3,(H,23,24). The summed E-state index contributed by atoms with van der Waals surface area (Å²) in [6.07, 6.45) is 13.1. The molecule has 1 saturated carbocycles. The van der Waals surface area contributed by atoms with Gasteiger partial charge in [-0.25, -0.2) is 4.39 Å². The van der Waals surface area contributed by atoms with Gasteiger partial charge in [-0.3, -0.25) is 4.79 Å². The van der Waals surface area contributed by atoms with E-state index in [9.17, 15) is 9.18 Å². The highest BCUT2D eigenvalue weighted by molar-refractivity contribution is 5.99. The summed E-state index contributed by atoms with van der Waals surface area (Å²) >= 11 is 0. The molecule has 1 aromatic carbocycles. The summed E-state index contributed by atoms with van der Waals surface area (Å²) in [7, 11) is 0. The number of aromatic nitrogens is 1. The van der Waals surface area contributed by atoms with Crippen LogP contribution < -0.4 is 5.32 Å². The molecule has 0 unspecified atom stereocenters. The predicted octanol–water partition coefficient (Wildman–Crippen LogP) is 4.32. The van der Waals surface area contributed by atoms with Gasteiger partial charge in [-0.05, 0) is 55.5 Å². The van der Waals surface area contributed by atoms with Gasteiger partial charge in [0.05, 0.1) is 11.1 Å². The van der Waals surface area contributed by atoms with Crippen molar-refractivity contribution in [3.8, 4) is 0 Å². The molecule has 1 amide bonds. The summed E-state index contributed by atoms with van der Waals surface area (Å²) in [5.74, 6) is -0.516. The summed E-state index contributed by atoms with van der Waals surface area (Å²) in [6.45, 7) is 1.84. The summed E-state index contributed by atoms with van der Waals surface area (Å²) < 4.78 is 14.0. The van der Waals surface area contributed by atoms with Crippen LogP contribution in [0.3, 0.4) is 0 Å². The minimum atomic E-state index is -0.328. The SMILES string of the molecule is Cc1cc(F)c2[nH]c(C(=O)NC3(C4=CCC=CC=C4)CC3)cc2c1. The smallest absolute Gasteiger partial charge is 0.268 e. The Bertz CT molecular complexity index is 913. The Labute approximate surface area is 139 Å². The second kappa shape index (κ2) is 5.48. The first-order valence-corrected chi connectivity index (χ1v) is 8.23. The zero-order valence-corrected chi connectivity index (χ0v) is 13.5. The maximum atomic E-state index is 14.0. The van der Waals surface area contributed by atoms with Gasteiger partial charge in [0.1, 0.15) is 11.5 Å². The van der Waals surface area contributed by atoms with Crippen LogP contribution in [-0.2, 0) is 0 Å². The Morgan fingerprint density at radius 1 is 1.25 bits per heavy atom. The van der Waals surface area contributed by atoms with Crippen molar-refractivity contribution in [2.75, 3.05) is 0 Å². The van der Waals surface area contributed by atoms with Gasteiger partial charge in [0.2, 0.25) is 0 Å². The van der Waals surface area contributed by atoms with Crippen LogP contribution in [0.4, 0.5) is 4.39 Å². The average molecular weight is 322 g/mol. The fraction of sp³-hybridized carbons (Fsp3) is 0.250. The number of aromatic amines is 1. The van der Waals surface area contributed by atoms with Crippen molar-refractivity contribution in [3.63, 3.8) is 0 Å². The monoisotopic (exact) mass is 322 g/mol. The summed E-state index contributed by atoms with van der Waals surface area (Å²) in [5, 5.41) is 3.86. The number of allylic oxidation sites excluding steroid dienone is 4. The van der Waals surface area contributed by atoms with Crippen LogP contribution in [0.15, 0.2) is 54.2 Å². The largest absolute Gasteiger partial charge is 0.348 e. The number of amides is 1. The number of nitrogens with one attached hydrogen (secondary N) is 2. The number of hydrogen-bond acceptors (Lipinski definition) is 1. The Balaban J connectivity index is 1.61. The third-order valence-electron chi connectivity index (χ3n) is 4.72. The van der Waals surface area contributed by atoms with Gasteiger partial charge in [-0.2, -0.15) is 0 Å².